The molecule has 3 N–H and O–H groups in total. The lowest BCUT2D eigenvalue weighted by Crippen LogP contribution is -2.27. The largest absolute Gasteiger partial charge is 0.472 e. The standard InChI is InChI=1S/C41H74NO8P/c1-3-5-7-9-11-12-13-14-15-16-17-18-19-20-21-22-23-24-25-26-28-30-32-34-41(45)48-37-39(43)38-50-51(46,47)49-36-35-42-40(44)33-31-29-27-10-8-6-4-2/h11-12,14-15,17-18,20-21,39,43H,3-10,13,16,19,22-38H2,1-2H3,(H,42,44)(H,46,47)/b12-11-,15-14-,18-17-,21-20-. The summed E-state index contributed by atoms with van der Waals surface area (Å²) in [5, 5.41) is 12.6. The topological polar surface area (TPSA) is 131 Å². The molecule has 0 radical (unpaired) electrons. The van der Waals surface area contributed by atoms with Gasteiger partial charge in [0.25, 0.3) is 0 Å². The predicted molar refractivity (Wildman–Crippen MR) is 210 cm³/mol. The molecule has 0 aromatic carbocycles. The van der Waals surface area contributed by atoms with Crippen molar-refractivity contribution in [1.29, 1.82) is 0 Å². The number of allylic oxidation sites excluding steroid dienone is 8. The smallest absolute Gasteiger partial charge is 0.463 e. The molecule has 0 heterocycles. The molecule has 0 aliphatic heterocycles. The zero-order valence-electron chi connectivity index (χ0n) is 32.3. The van der Waals surface area contributed by atoms with Crippen LogP contribution in [0.2, 0.25) is 0 Å². The maximum absolute atomic E-state index is 12.0. The zero-order valence-corrected chi connectivity index (χ0v) is 33.2. The quantitative estimate of drug-likeness (QED) is 0.0248. The highest BCUT2D eigenvalue weighted by atomic mass is 31.2. The van der Waals surface area contributed by atoms with E-state index in [1.54, 1.807) is 0 Å². The Labute approximate surface area is 311 Å². The van der Waals surface area contributed by atoms with E-state index in [1.807, 2.05) is 0 Å². The zero-order chi connectivity index (χ0) is 37.5. The number of amides is 1. The summed E-state index contributed by atoms with van der Waals surface area (Å²) in [5.41, 5.74) is 0. The second-order valence-electron chi connectivity index (χ2n) is 13.3. The van der Waals surface area contributed by atoms with Crippen LogP contribution in [-0.2, 0) is 27.9 Å². The second kappa shape index (κ2) is 37.7. The number of ether oxygens (including phenoxy) is 1. The number of aliphatic hydroxyl groups is 1. The molecule has 9 nitrogen and oxygen atoms in total. The van der Waals surface area contributed by atoms with Gasteiger partial charge in [0.05, 0.1) is 13.2 Å². The first-order valence-corrected chi connectivity index (χ1v) is 21.6. The molecule has 0 aromatic heterocycles. The number of hydrogen-bond donors (Lipinski definition) is 3. The van der Waals surface area contributed by atoms with Crippen LogP contribution in [0.1, 0.15) is 168 Å². The first-order valence-electron chi connectivity index (χ1n) is 20.1. The first-order chi connectivity index (χ1) is 24.8. The van der Waals surface area contributed by atoms with Gasteiger partial charge in [-0.05, 0) is 57.8 Å². The number of nitrogens with one attached hydrogen (secondary N) is 1. The lowest BCUT2D eigenvalue weighted by Gasteiger charge is -2.15. The summed E-state index contributed by atoms with van der Waals surface area (Å²) in [7, 11) is -4.41. The van der Waals surface area contributed by atoms with E-state index in [4.69, 9.17) is 13.8 Å². The molecule has 0 aromatic rings. The third-order valence-electron chi connectivity index (χ3n) is 8.26. The fourth-order valence-corrected chi connectivity index (χ4v) is 5.94. The van der Waals surface area contributed by atoms with Gasteiger partial charge in [-0.15, -0.1) is 0 Å². The van der Waals surface area contributed by atoms with Crippen LogP contribution in [0.15, 0.2) is 48.6 Å². The van der Waals surface area contributed by atoms with Crippen LogP contribution >= 0.6 is 7.82 Å². The molecule has 296 valence electrons. The van der Waals surface area contributed by atoms with Crippen molar-refractivity contribution in [3.05, 3.63) is 48.6 Å². The minimum Gasteiger partial charge on any atom is -0.463 e. The normalized spacial score (nSPS) is 13.9. The van der Waals surface area contributed by atoms with Crippen molar-refractivity contribution < 1.29 is 37.9 Å². The Morgan fingerprint density at radius 1 is 0.608 bits per heavy atom. The van der Waals surface area contributed by atoms with Crippen LogP contribution in [0.3, 0.4) is 0 Å². The number of rotatable bonds is 37. The maximum atomic E-state index is 12.0. The number of carbonyl (C=O) groups is 2. The van der Waals surface area contributed by atoms with E-state index in [0.29, 0.717) is 6.42 Å². The van der Waals surface area contributed by atoms with Gasteiger partial charge in [0, 0.05) is 19.4 Å². The van der Waals surface area contributed by atoms with Gasteiger partial charge in [0.2, 0.25) is 5.91 Å². The second-order valence-corrected chi connectivity index (χ2v) is 14.7. The Morgan fingerprint density at radius 3 is 1.63 bits per heavy atom. The molecule has 0 spiro atoms. The van der Waals surface area contributed by atoms with Gasteiger partial charge in [-0.3, -0.25) is 18.6 Å². The maximum Gasteiger partial charge on any atom is 0.472 e. The summed E-state index contributed by atoms with van der Waals surface area (Å²) in [6, 6.07) is 0. The SMILES string of the molecule is CCCCC/C=C\C/C=C\C/C=C\C/C=C\CCCCCCCCCC(=O)OCC(O)COP(=O)(O)OCCNC(=O)CCCCCCCCC. The highest BCUT2D eigenvalue weighted by Crippen LogP contribution is 2.42. The Kier molecular flexibility index (Phi) is 36.2. The van der Waals surface area contributed by atoms with Gasteiger partial charge in [-0.1, -0.05) is 146 Å². The van der Waals surface area contributed by atoms with E-state index >= 15 is 0 Å². The molecule has 0 fully saturated rings. The Hall–Kier alpha value is -2.03. The van der Waals surface area contributed by atoms with Crippen LogP contribution in [-0.4, -0.2) is 54.3 Å². The molecule has 1 amide bonds. The lowest BCUT2D eigenvalue weighted by atomic mass is 10.1. The number of aliphatic hydroxyl groups excluding tert-OH is 1. The highest BCUT2D eigenvalue weighted by molar-refractivity contribution is 7.47. The fourth-order valence-electron chi connectivity index (χ4n) is 5.19. The van der Waals surface area contributed by atoms with Crippen molar-refractivity contribution in [2.45, 2.75) is 174 Å². The van der Waals surface area contributed by atoms with Crippen molar-refractivity contribution in [2.24, 2.45) is 0 Å². The van der Waals surface area contributed by atoms with Gasteiger partial charge in [0.1, 0.15) is 12.7 Å². The number of carbonyl (C=O) groups excluding carboxylic acids is 2. The van der Waals surface area contributed by atoms with E-state index in [2.05, 4.69) is 67.8 Å². The molecule has 0 saturated heterocycles. The Bertz CT molecular complexity index is 981. The van der Waals surface area contributed by atoms with E-state index in [-0.39, 0.29) is 32.1 Å². The minimum absolute atomic E-state index is 0.0795. The highest BCUT2D eigenvalue weighted by Gasteiger charge is 2.23. The van der Waals surface area contributed by atoms with E-state index in [1.165, 1.54) is 70.6 Å². The summed E-state index contributed by atoms with van der Waals surface area (Å²) in [6.07, 6.45) is 42.0. The fraction of sp³-hybridized carbons (Fsp3) is 0.756. The molecule has 0 aliphatic carbocycles. The average Bonchev–Trinajstić information content (AvgIpc) is 3.11. The Morgan fingerprint density at radius 2 is 1.06 bits per heavy atom. The summed E-state index contributed by atoms with van der Waals surface area (Å²) < 4.78 is 26.7. The molecule has 0 aliphatic rings. The van der Waals surface area contributed by atoms with Crippen molar-refractivity contribution in [1.82, 2.24) is 5.32 Å². The average molecular weight is 740 g/mol. The molecular weight excluding hydrogens is 665 g/mol. The number of phosphoric ester groups is 1. The van der Waals surface area contributed by atoms with E-state index in [0.717, 1.165) is 70.6 Å². The molecule has 10 heteroatoms. The minimum atomic E-state index is -4.41. The van der Waals surface area contributed by atoms with Gasteiger partial charge in [-0.25, -0.2) is 4.57 Å². The third-order valence-corrected chi connectivity index (χ3v) is 9.25. The van der Waals surface area contributed by atoms with Gasteiger partial charge in [0.15, 0.2) is 0 Å². The first kappa shape index (κ1) is 49.0. The number of esters is 1. The molecular formula is C41H74NO8P. The monoisotopic (exact) mass is 740 g/mol. The van der Waals surface area contributed by atoms with Gasteiger partial charge < -0.3 is 20.1 Å². The summed E-state index contributed by atoms with van der Waals surface area (Å²) in [5.74, 6) is -0.536. The molecule has 51 heavy (non-hydrogen) atoms. The van der Waals surface area contributed by atoms with Crippen molar-refractivity contribution in [2.75, 3.05) is 26.4 Å². The number of unbranched alkanes of at least 4 members (excludes halogenated alkanes) is 16. The number of hydrogen-bond acceptors (Lipinski definition) is 7. The predicted octanol–water partition coefficient (Wildman–Crippen LogP) is 10.8. The van der Waals surface area contributed by atoms with E-state index < -0.39 is 26.5 Å². The van der Waals surface area contributed by atoms with Crippen LogP contribution in [0.4, 0.5) is 0 Å². The summed E-state index contributed by atoms with van der Waals surface area (Å²) >= 11 is 0. The van der Waals surface area contributed by atoms with Crippen molar-refractivity contribution >= 4 is 19.7 Å². The van der Waals surface area contributed by atoms with Crippen molar-refractivity contribution in [3.63, 3.8) is 0 Å². The van der Waals surface area contributed by atoms with Crippen LogP contribution in [0, 0.1) is 0 Å². The third kappa shape index (κ3) is 39.0. The summed E-state index contributed by atoms with van der Waals surface area (Å²) in [4.78, 5) is 33.6. The Balaban J connectivity index is 3.63. The molecule has 2 unspecified atom stereocenters. The number of phosphoric acid groups is 1. The molecule has 2 atom stereocenters. The van der Waals surface area contributed by atoms with Gasteiger partial charge in [-0.2, -0.15) is 0 Å². The van der Waals surface area contributed by atoms with Crippen molar-refractivity contribution in [3.8, 4) is 0 Å². The van der Waals surface area contributed by atoms with E-state index in [9.17, 15) is 24.2 Å². The van der Waals surface area contributed by atoms with Crippen LogP contribution in [0.25, 0.3) is 0 Å². The summed E-state index contributed by atoms with van der Waals surface area (Å²) in [6.45, 7) is 3.45. The molecule has 0 bridgehead atoms. The van der Waals surface area contributed by atoms with Crippen LogP contribution in [0.5, 0.6) is 0 Å². The lowest BCUT2D eigenvalue weighted by molar-refractivity contribution is -0.147. The van der Waals surface area contributed by atoms with Crippen LogP contribution < -0.4 is 5.32 Å². The van der Waals surface area contributed by atoms with Gasteiger partial charge >= 0.3 is 13.8 Å². The molecule has 0 rings (SSSR count). The molecule has 0 saturated carbocycles.